The molecule has 2 aliphatic heterocycles. The Balaban J connectivity index is 1.53. The van der Waals surface area contributed by atoms with Crippen LogP contribution in [0.25, 0.3) is 0 Å². The summed E-state index contributed by atoms with van der Waals surface area (Å²) in [4.78, 5) is 41.6. The van der Waals surface area contributed by atoms with Crippen LogP contribution in [0, 0.1) is 11.3 Å². The van der Waals surface area contributed by atoms with Crippen LogP contribution in [-0.2, 0) is 16.9 Å². The number of piperidine rings is 1. The van der Waals surface area contributed by atoms with Crippen molar-refractivity contribution in [1.29, 1.82) is 5.26 Å². The first-order chi connectivity index (χ1) is 14.9. The molecule has 4 amide bonds. The van der Waals surface area contributed by atoms with Crippen molar-refractivity contribution in [1.82, 2.24) is 15.1 Å². The molecule has 2 aromatic carbocycles. The summed E-state index contributed by atoms with van der Waals surface area (Å²) >= 11 is 0. The number of nitrogens with one attached hydrogen (secondary N) is 1. The van der Waals surface area contributed by atoms with Gasteiger partial charge in [0.1, 0.15) is 5.54 Å². The van der Waals surface area contributed by atoms with E-state index in [4.69, 9.17) is 5.26 Å². The zero-order chi connectivity index (χ0) is 22.0. The third kappa shape index (κ3) is 3.89. The van der Waals surface area contributed by atoms with Gasteiger partial charge in [0.25, 0.3) is 11.8 Å². The number of nitriles is 1. The van der Waals surface area contributed by atoms with Crippen LogP contribution < -0.4 is 5.32 Å². The third-order valence-electron chi connectivity index (χ3n) is 6.02. The van der Waals surface area contributed by atoms with Crippen molar-refractivity contribution >= 4 is 17.8 Å². The van der Waals surface area contributed by atoms with Crippen LogP contribution in [0.5, 0.6) is 0 Å². The van der Waals surface area contributed by atoms with Gasteiger partial charge in [0.15, 0.2) is 0 Å². The smallest absolute Gasteiger partial charge is 0.325 e. The molecule has 0 saturated carbocycles. The number of likely N-dealkylation sites (tertiary alicyclic amines) is 1. The lowest BCUT2D eigenvalue weighted by atomic mass is 9.91. The first-order valence-corrected chi connectivity index (χ1v) is 10.5. The second-order valence-corrected chi connectivity index (χ2v) is 8.19. The molecule has 0 radical (unpaired) electrons. The van der Waals surface area contributed by atoms with Crippen LogP contribution in [0.1, 0.15) is 53.2 Å². The van der Waals surface area contributed by atoms with E-state index in [1.54, 1.807) is 49.4 Å². The van der Waals surface area contributed by atoms with Crippen LogP contribution in [-0.4, -0.2) is 40.7 Å². The maximum Gasteiger partial charge on any atom is 0.325 e. The fourth-order valence-electron chi connectivity index (χ4n) is 4.18. The maximum atomic E-state index is 13.2. The van der Waals surface area contributed by atoms with E-state index < -0.39 is 11.6 Å². The largest absolute Gasteiger partial charge is 0.339 e. The molecule has 158 valence electrons. The fourth-order valence-corrected chi connectivity index (χ4v) is 4.18. The summed E-state index contributed by atoms with van der Waals surface area (Å²) in [5.74, 6) is -0.379. The predicted octanol–water partition coefficient (Wildman–Crippen LogP) is 3.15. The van der Waals surface area contributed by atoms with Crippen molar-refractivity contribution in [3.05, 3.63) is 70.8 Å². The average molecular weight is 416 g/mol. The van der Waals surface area contributed by atoms with Gasteiger partial charge in [-0.1, -0.05) is 24.3 Å². The summed E-state index contributed by atoms with van der Waals surface area (Å²) in [5, 5.41) is 11.8. The van der Waals surface area contributed by atoms with Crippen molar-refractivity contribution < 1.29 is 14.4 Å². The number of hydrogen-bond acceptors (Lipinski definition) is 4. The molecule has 0 aliphatic carbocycles. The minimum atomic E-state index is -1.20. The standard InChI is InChI=1S/C24H24N4O3/c1-24(20-10-8-17(15-25)9-11-20)22(30)28(23(31)26-24)16-18-6-5-7-19(14-18)21(29)27-12-3-2-4-13-27/h5-11,14H,2-4,12-13,16H2,1H3,(H,26,31)/t24-/m0/s1. The van der Waals surface area contributed by atoms with Gasteiger partial charge in [-0.25, -0.2) is 4.79 Å². The number of carbonyl (C=O) groups excluding carboxylic acids is 3. The summed E-state index contributed by atoms with van der Waals surface area (Å²) in [6.45, 7) is 3.26. The van der Waals surface area contributed by atoms with E-state index >= 15 is 0 Å². The Labute approximate surface area is 181 Å². The summed E-state index contributed by atoms with van der Waals surface area (Å²) in [5.41, 5.74) is 1.18. The number of rotatable bonds is 4. The van der Waals surface area contributed by atoms with Crippen LogP contribution in [0.15, 0.2) is 48.5 Å². The highest BCUT2D eigenvalue weighted by molar-refractivity contribution is 6.07. The molecule has 2 heterocycles. The molecule has 2 saturated heterocycles. The molecule has 2 fully saturated rings. The lowest BCUT2D eigenvalue weighted by Gasteiger charge is -2.27. The van der Waals surface area contributed by atoms with Crippen LogP contribution in [0.4, 0.5) is 4.79 Å². The summed E-state index contributed by atoms with van der Waals surface area (Å²) in [6, 6.07) is 15.3. The number of amides is 4. The van der Waals surface area contributed by atoms with E-state index in [0.717, 1.165) is 37.9 Å². The van der Waals surface area contributed by atoms with Gasteiger partial charge in [0.2, 0.25) is 0 Å². The minimum absolute atomic E-state index is 0.0128. The van der Waals surface area contributed by atoms with E-state index in [2.05, 4.69) is 5.32 Å². The van der Waals surface area contributed by atoms with Gasteiger partial charge >= 0.3 is 6.03 Å². The Hall–Kier alpha value is -3.66. The quantitative estimate of drug-likeness (QED) is 0.775. The molecule has 4 rings (SSSR count). The van der Waals surface area contributed by atoms with E-state index in [0.29, 0.717) is 16.7 Å². The highest BCUT2D eigenvalue weighted by Crippen LogP contribution is 2.30. The number of nitrogens with zero attached hydrogens (tertiary/aromatic N) is 3. The summed E-state index contributed by atoms with van der Waals surface area (Å²) in [7, 11) is 0. The molecule has 7 heteroatoms. The Morgan fingerprint density at radius 2 is 1.81 bits per heavy atom. The van der Waals surface area contributed by atoms with Gasteiger partial charge in [0.05, 0.1) is 18.2 Å². The minimum Gasteiger partial charge on any atom is -0.339 e. The molecule has 0 aromatic heterocycles. The second kappa shape index (κ2) is 8.23. The number of carbonyl (C=O) groups is 3. The van der Waals surface area contributed by atoms with Crippen LogP contribution in [0.2, 0.25) is 0 Å². The van der Waals surface area contributed by atoms with Crippen molar-refractivity contribution in [3.8, 4) is 6.07 Å². The van der Waals surface area contributed by atoms with Gasteiger partial charge in [-0.15, -0.1) is 0 Å². The van der Waals surface area contributed by atoms with E-state index in [9.17, 15) is 14.4 Å². The van der Waals surface area contributed by atoms with E-state index in [-0.39, 0.29) is 18.4 Å². The van der Waals surface area contributed by atoms with Gasteiger partial charge < -0.3 is 10.2 Å². The zero-order valence-electron chi connectivity index (χ0n) is 17.4. The predicted molar refractivity (Wildman–Crippen MR) is 114 cm³/mol. The molecule has 1 N–H and O–H groups in total. The molecule has 2 aliphatic rings. The molecule has 0 unspecified atom stereocenters. The van der Waals surface area contributed by atoms with E-state index in [1.165, 1.54) is 4.90 Å². The van der Waals surface area contributed by atoms with Crippen molar-refractivity contribution in [2.24, 2.45) is 0 Å². The first-order valence-electron chi connectivity index (χ1n) is 10.5. The number of imide groups is 1. The normalized spacial score (nSPS) is 21.0. The van der Waals surface area contributed by atoms with Gasteiger partial charge in [-0.05, 0) is 61.6 Å². The van der Waals surface area contributed by atoms with Crippen molar-refractivity contribution in [3.63, 3.8) is 0 Å². The van der Waals surface area contributed by atoms with Gasteiger partial charge in [0, 0.05) is 18.7 Å². The van der Waals surface area contributed by atoms with E-state index in [1.807, 2.05) is 17.0 Å². The van der Waals surface area contributed by atoms with Crippen LogP contribution in [0.3, 0.4) is 0 Å². The van der Waals surface area contributed by atoms with Crippen molar-refractivity contribution in [2.75, 3.05) is 13.1 Å². The molecule has 2 aromatic rings. The Morgan fingerprint density at radius 1 is 1.10 bits per heavy atom. The SMILES string of the molecule is C[C@@]1(c2ccc(C#N)cc2)NC(=O)N(Cc2cccc(C(=O)N3CCCCC3)c2)C1=O. The first kappa shape index (κ1) is 20.6. The topological polar surface area (TPSA) is 93.5 Å². The molecule has 0 bridgehead atoms. The van der Waals surface area contributed by atoms with Gasteiger partial charge in [-0.3, -0.25) is 14.5 Å². The molecular formula is C24H24N4O3. The zero-order valence-corrected chi connectivity index (χ0v) is 17.4. The second-order valence-electron chi connectivity index (χ2n) is 8.19. The number of urea groups is 1. The summed E-state index contributed by atoms with van der Waals surface area (Å²) < 4.78 is 0. The van der Waals surface area contributed by atoms with Gasteiger partial charge in [-0.2, -0.15) is 5.26 Å². The average Bonchev–Trinajstić information content (AvgIpc) is 3.03. The lowest BCUT2D eigenvalue weighted by molar-refractivity contribution is -0.131. The molecular weight excluding hydrogens is 392 g/mol. The molecule has 31 heavy (non-hydrogen) atoms. The molecule has 7 nitrogen and oxygen atoms in total. The fraction of sp³-hybridized carbons (Fsp3) is 0.333. The Bertz CT molecular complexity index is 1070. The molecule has 0 spiro atoms. The third-order valence-corrected chi connectivity index (χ3v) is 6.02. The number of hydrogen-bond donors (Lipinski definition) is 1. The van der Waals surface area contributed by atoms with Crippen molar-refractivity contribution in [2.45, 2.75) is 38.3 Å². The maximum absolute atomic E-state index is 13.2. The monoisotopic (exact) mass is 416 g/mol. The highest BCUT2D eigenvalue weighted by atomic mass is 16.2. The Morgan fingerprint density at radius 3 is 2.48 bits per heavy atom. The Kier molecular flexibility index (Phi) is 5.47. The highest BCUT2D eigenvalue weighted by Gasteiger charge is 2.48. The van der Waals surface area contributed by atoms with Crippen LogP contribution >= 0.6 is 0 Å². The summed E-state index contributed by atoms with van der Waals surface area (Å²) in [6.07, 6.45) is 3.18. The lowest BCUT2D eigenvalue weighted by Crippen LogP contribution is -2.40. The molecule has 1 atom stereocenters. The number of benzene rings is 2.